The smallest absolute Gasteiger partial charge is 0.138 e. The van der Waals surface area contributed by atoms with Gasteiger partial charge in [-0.15, -0.1) is 0 Å². The van der Waals surface area contributed by atoms with Gasteiger partial charge in [0.2, 0.25) is 0 Å². The third-order valence-corrected chi connectivity index (χ3v) is 2.94. The highest BCUT2D eigenvalue weighted by atomic mass is 16.3. The van der Waals surface area contributed by atoms with E-state index in [2.05, 4.69) is 21.9 Å². The van der Waals surface area contributed by atoms with Gasteiger partial charge in [0.05, 0.1) is 11.9 Å². The lowest BCUT2D eigenvalue weighted by Gasteiger charge is -2.20. The van der Waals surface area contributed by atoms with Gasteiger partial charge in [-0.1, -0.05) is 6.92 Å². The highest BCUT2D eigenvalue weighted by Gasteiger charge is 2.10. The van der Waals surface area contributed by atoms with Gasteiger partial charge < -0.3 is 5.11 Å². The third-order valence-electron chi connectivity index (χ3n) is 2.94. The van der Waals surface area contributed by atoms with E-state index in [9.17, 15) is 5.11 Å². The first-order chi connectivity index (χ1) is 9.19. The topological polar surface area (TPSA) is 54.2 Å². The predicted octanol–water partition coefficient (Wildman–Crippen LogP) is 1.93. The summed E-state index contributed by atoms with van der Waals surface area (Å²) in [7, 11) is 1.91. The molecule has 0 radical (unpaired) electrons. The summed E-state index contributed by atoms with van der Waals surface area (Å²) in [6, 6.07) is 3.42. The van der Waals surface area contributed by atoms with Crippen molar-refractivity contribution in [3.8, 4) is 5.75 Å². The molecule has 0 aliphatic rings. The van der Waals surface area contributed by atoms with Crippen LogP contribution in [0.25, 0.3) is 0 Å². The van der Waals surface area contributed by atoms with Crippen molar-refractivity contribution in [2.75, 3.05) is 6.54 Å². The van der Waals surface area contributed by atoms with Gasteiger partial charge in [0.15, 0.2) is 0 Å². The molecule has 102 valence electrons. The van der Waals surface area contributed by atoms with E-state index in [-0.39, 0.29) is 5.75 Å². The molecule has 0 atom stereocenters. The van der Waals surface area contributed by atoms with E-state index < -0.39 is 0 Å². The summed E-state index contributed by atoms with van der Waals surface area (Å²) >= 11 is 0. The highest BCUT2D eigenvalue weighted by molar-refractivity contribution is 5.24. The van der Waals surface area contributed by atoms with E-state index in [1.54, 1.807) is 23.0 Å². The zero-order chi connectivity index (χ0) is 13.7. The van der Waals surface area contributed by atoms with E-state index in [1.807, 2.05) is 19.4 Å². The lowest BCUT2D eigenvalue weighted by atomic mass is 10.2. The van der Waals surface area contributed by atoms with Crippen molar-refractivity contribution in [2.24, 2.45) is 7.05 Å². The van der Waals surface area contributed by atoms with Crippen LogP contribution in [0.2, 0.25) is 0 Å². The summed E-state index contributed by atoms with van der Waals surface area (Å²) in [4.78, 5) is 6.50. The van der Waals surface area contributed by atoms with Crippen LogP contribution in [-0.4, -0.2) is 31.3 Å². The zero-order valence-electron chi connectivity index (χ0n) is 11.5. The fourth-order valence-electron chi connectivity index (χ4n) is 2.11. The SMILES string of the molecule is CCCN(Cc1cnn(C)c1)Cc1ncccc1O. The van der Waals surface area contributed by atoms with Crippen molar-refractivity contribution >= 4 is 0 Å². The summed E-state index contributed by atoms with van der Waals surface area (Å²) in [5.74, 6) is 0.259. The molecule has 0 spiro atoms. The van der Waals surface area contributed by atoms with Gasteiger partial charge in [0.1, 0.15) is 5.75 Å². The molecule has 2 aromatic heterocycles. The second-order valence-electron chi connectivity index (χ2n) is 4.70. The summed E-state index contributed by atoms with van der Waals surface area (Å²) < 4.78 is 1.80. The fraction of sp³-hybridized carbons (Fsp3) is 0.429. The number of hydrogen-bond donors (Lipinski definition) is 1. The van der Waals surface area contributed by atoms with E-state index in [1.165, 1.54) is 5.56 Å². The van der Waals surface area contributed by atoms with Gasteiger partial charge in [-0.05, 0) is 25.1 Å². The van der Waals surface area contributed by atoms with Crippen molar-refractivity contribution in [1.29, 1.82) is 0 Å². The van der Waals surface area contributed by atoms with E-state index in [0.29, 0.717) is 6.54 Å². The number of aryl methyl sites for hydroxylation is 1. The predicted molar refractivity (Wildman–Crippen MR) is 73.5 cm³/mol. The van der Waals surface area contributed by atoms with Crippen molar-refractivity contribution in [3.05, 3.63) is 42.0 Å². The van der Waals surface area contributed by atoms with Crippen LogP contribution in [-0.2, 0) is 20.1 Å². The standard InChI is InChI=1S/C14H20N4O/c1-3-7-18(10-12-8-16-17(2)9-12)11-13-14(19)5-4-6-15-13/h4-6,8-9,19H,3,7,10-11H2,1-2H3. The Labute approximate surface area is 113 Å². The number of aromatic hydroxyl groups is 1. The number of nitrogens with zero attached hydrogens (tertiary/aromatic N) is 4. The summed E-state index contributed by atoms with van der Waals surface area (Å²) in [6.07, 6.45) is 6.67. The lowest BCUT2D eigenvalue weighted by molar-refractivity contribution is 0.250. The molecule has 0 saturated heterocycles. The minimum atomic E-state index is 0.259. The first kappa shape index (κ1) is 13.5. The van der Waals surface area contributed by atoms with Crippen molar-refractivity contribution < 1.29 is 5.11 Å². The maximum Gasteiger partial charge on any atom is 0.138 e. The van der Waals surface area contributed by atoms with E-state index in [4.69, 9.17) is 0 Å². The average Bonchev–Trinajstić information content (AvgIpc) is 2.78. The fourth-order valence-corrected chi connectivity index (χ4v) is 2.11. The van der Waals surface area contributed by atoms with Crippen LogP contribution in [0.5, 0.6) is 5.75 Å². The summed E-state index contributed by atoms with van der Waals surface area (Å²) in [5.41, 5.74) is 1.89. The normalized spacial score (nSPS) is 11.1. The van der Waals surface area contributed by atoms with Gasteiger partial charge >= 0.3 is 0 Å². The maximum atomic E-state index is 9.79. The quantitative estimate of drug-likeness (QED) is 0.862. The Hall–Kier alpha value is -1.88. The van der Waals surface area contributed by atoms with Gasteiger partial charge in [-0.3, -0.25) is 14.6 Å². The molecule has 0 aliphatic heterocycles. The summed E-state index contributed by atoms with van der Waals surface area (Å²) in [6.45, 7) is 4.58. The number of rotatable bonds is 6. The van der Waals surface area contributed by atoms with Crippen LogP contribution in [0, 0.1) is 0 Å². The molecule has 0 saturated carbocycles. The van der Waals surface area contributed by atoms with Crippen LogP contribution < -0.4 is 0 Å². The molecule has 1 N–H and O–H groups in total. The van der Waals surface area contributed by atoms with Gasteiger partial charge in [0.25, 0.3) is 0 Å². The average molecular weight is 260 g/mol. The molecule has 0 aliphatic carbocycles. The molecule has 5 heteroatoms. The largest absolute Gasteiger partial charge is 0.506 e. The molecule has 0 bridgehead atoms. The molecule has 19 heavy (non-hydrogen) atoms. The Kier molecular flexibility index (Phi) is 4.52. The van der Waals surface area contributed by atoms with Crippen molar-refractivity contribution in [2.45, 2.75) is 26.4 Å². The lowest BCUT2D eigenvalue weighted by Crippen LogP contribution is -2.24. The molecule has 0 amide bonds. The van der Waals surface area contributed by atoms with E-state index in [0.717, 1.165) is 25.2 Å². The second-order valence-corrected chi connectivity index (χ2v) is 4.70. The molecule has 5 nitrogen and oxygen atoms in total. The Morgan fingerprint density at radius 2 is 2.21 bits per heavy atom. The van der Waals surface area contributed by atoms with Crippen LogP contribution in [0.15, 0.2) is 30.7 Å². The Balaban J connectivity index is 2.06. The maximum absolute atomic E-state index is 9.79. The Morgan fingerprint density at radius 1 is 1.37 bits per heavy atom. The van der Waals surface area contributed by atoms with Crippen LogP contribution in [0.3, 0.4) is 0 Å². The number of hydrogen-bond acceptors (Lipinski definition) is 4. The molecule has 2 aromatic rings. The third kappa shape index (κ3) is 3.79. The van der Waals surface area contributed by atoms with Gasteiger partial charge in [0, 0.05) is 38.1 Å². The molecule has 0 aromatic carbocycles. The molecule has 0 fully saturated rings. The molecule has 2 rings (SSSR count). The monoisotopic (exact) mass is 260 g/mol. The number of pyridine rings is 1. The van der Waals surface area contributed by atoms with Crippen molar-refractivity contribution in [3.63, 3.8) is 0 Å². The second kappa shape index (κ2) is 6.33. The zero-order valence-corrected chi connectivity index (χ0v) is 11.5. The molecular weight excluding hydrogens is 240 g/mol. The Bertz CT molecular complexity index is 524. The summed E-state index contributed by atoms with van der Waals surface area (Å²) in [5, 5.41) is 14.0. The van der Waals surface area contributed by atoms with Crippen molar-refractivity contribution in [1.82, 2.24) is 19.7 Å². The van der Waals surface area contributed by atoms with Gasteiger partial charge in [-0.2, -0.15) is 5.10 Å². The van der Waals surface area contributed by atoms with Crippen LogP contribution in [0.4, 0.5) is 0 Å². The van der Waals surface area contributed by atoms with Crippen LogP contribution in [0.1, 0.15) is 24.6 Å². The first-order valence-corrected chi connectivity index (χ1v) is 6.51. The molecule has 0 unspecified atom stereocenters. The van der Waals surface area contributed by atoms with Gasteiger partial charge in [-0.25, -0.2) is 0 Å². The number of aromatic nitrogens is 3. The highest BCUT2D eigenvalue weighted by Crippen LogP contribution is 2.16. The minimum absolute atomic E-state index is 0.259. The molecular formula is C14H20N4O. The first-order valence-electron chi connectivity index (χ1n) is 6.51. The van der Waals surface area contributed by atoms with E-state index >= 15 is 0 Å². The Morgan fingerprint density at radius 3 is 2.84 bits per heavy atom. The minimum Gasteiger partial charge on any atom is -0.506 e. The molecule has 2 heterocycles. The van der Waals surface area contributed by atoms with Crippen LogP contribution >= 0.6 is 0 Å².